The molecule has 0 spiro atoms. The minimum Gasteiger partial charge on any atom is -0.481 e. The van der Waals surface area contributed by atoms with Crippen LogP contribution in [0.1, 0.15) is 38.2 Å². The summed E-state index contributed by atoms with van der Waals surface area (Å²) >= 11 is 0. The topological polar surface area (TPSA) is 88.0 Å². The van der Waals surface area contributed by atoms with Crippen molar-refractivity contribution in [1.82, 2.24) is 0 Å². The van der Waals surface area contributed by atoms with Crippen molar-refractivity contribution in [3.05, 3.63) is 29.8 Å². The lowest BCUT2D eigenvalue weighted by atomic mass is 9.81. The highest BCUT2D eigenvalue weighted by atomic mass is 32.2. The number of quaternary nitrogens is 1. The van der Waals surface area contributed by atoms with Gasteiger partial charge in [-0.05, 0) is 30.5 Å². The highest BCUT2D eigenvalue weighted by Crippen LogP contribution is 2.28. The van der Waals surface area contributed by atoms with E-state index in [4.69, 9.17) is 5.11 Å². The predicted molar refractivity (Wildman–Crippen MR) is 88.1 cm³/mol. The molecule has 0 bridgehead atoms. The summed E-state index contributed by atoms with van der Waals surface area (Å²) in [6, 6.07) is 7.07. The number of sulfone groups is 1. The molecule has 1 aliphatic rings. The molecule has 3 N–H and O–H groups in total. The molecule has 1 aromatic rings. The first kappa shape index (κ1) is 17.9. The Morgan fingerprint density at radius 1 is 1.22 bits per heavy atom. The Bertz CT molecular complexity index is 633. The largest absolute Gasteiger partial charge is 0.481 e. The summed E-state index contributed by atoms with van der Waals surface area (Å²) in [5, 5.41) is 11.0. The zero-order valence-electron chi connectivity index (χ0n) is 13.6. The molecule has 0 amide bonds. The zero-order valence-corrected chi connectivity index (χ0v) is 14.4. The normalized spacial score (nSPS) is 16.7. The Balaban J connectivity index is 2.05. The van der Waals surface area contributed by atoms with Gasteiger partial charge in [-0.2, -0.15) is 0 Å². The summed E-state index contributed by atoms with van der Waals surface area (Å²) in [6.45, 7) is 3.28. The monoisotopic (exact) mass is 340 g/mol. The Hall–Kier alpha value is -1.40. The van der Waals surface area contributed by atoms with E-state index in [2.05, 4.69) is 6.92 Å². The van der Waals surface area contributed by atoms with Gasteiger partial charge in [0.05, 0.1) is 35.6 Å². The van der Waals surface area contributed by atoms with Crippen LogP contribution in [-0.4, -0.2) is 38.3 Å². The number of unbranched alkanes of at least 4 members (excludes halogenated alkanes) is 2. The highest BCUT2D eigenvalue weighted by Gasteiger charge is 2.47. The summed E-state index contributed by atoms with van der Waals surface area (Å²) in [4.78, 5) is 11.3. The molecule has 0 unspecified atom stereocenters. The molecule has 1 heterocycles. The summed E-state index contributed by atoms with van der Waals surface area (Å²) < 4.78 is 25.2. The molecular formula is C17H26NO4S+. The number of carboxylic acid groups (broad SMARTS) is 1. The standard InChI is InChI=1S/C17H25NO4S/c1-2-3-4-5-14-6-8-15(9-7-14)23(21,22)13-17(10-16(19)20)11-18-12-17/h6-9,18H,2-5,10-13H2,1H3,(H,19,20)/p+1. The summed E-state index contributed by atoms with van der Waals surface area (Å²) in [5.74, 6) is -1.02. The van der Waals surface area contributed by atoms with Crippen LogP contribution in [0.5, 0.6) is 0 Å². The lowest BCUT2D eigenvalue weighted by Gasteiger charge is -2.36. The van der Waals surface area contributed by atoms with E-state index >= 15 is 0 Å². The lowest BCUT2D eigenvalue weighted by molar-refractivity contribution is -0.739. The van der Waals surface area contributed by atoms with Crippen LogP contribution in [0.4, 0.5) is 0 Å². The Morgan fingerprint density at radius 3 is 2.35 bits per heavy atom. The van der Waals surface area contributed by atoms with Crippen LogP contribution in [0.15, 0.2) is 29.2 Å². The lowest BCUT2D eigenvalue weighted by Crippen LogP contribution is -3.00. The van der Waals surface area contributed by atoms with Gasteiger partial charge in [0.15, 0.2) is 9.84 Å². The first-order valence-corrected chi connectivity index (χ1v) is 9.87. The maximum Gasteiger partial charge on any atom is 0.304 e. The summed E-state index contributed by atoms with van der Waals surface area (Å²) in [6.07, 6.45) is 4.33. The van der Waals surface area contributed by atoms with E-state index in [1.807, 2.05) is 17.4 Å². The maximum absolute atomic E-state index is 12.6. The van der Waals surface area contributed by atoms with Crippen LogP contribution in [0.2, 0.25) is 0 Å². The number of hydrogen-bond acceptors (Lipinski definition) is 3. The van der Waals surface area contributed by atoms with E-state index in [1.165, 1.54) is 6.42 Å². The Labute approximate surface area is 138 Å². The molecule has 6 heteroatoms. The third-order valence-corrected chi connectivity index (χ3v) is 6.51. The molecule has 128 valence electrons. The van der Waals surface area contributed by atoms with Crippen molar-refractivity contribution in [2.24, 2.45) is 5.41 Å². The van der Waals surface area contributed by atoms with Gasteiger partial charge in [0.25, 0.3) is 0 Å². The minimum absolute atomic E-state index is 0.0853. The van der Waals surface area contributed by atoms with E-state index < -0.39 is 21.2 Å². The third kappa shape index (κ3) is 4.78. The Morgan fingerprint density at radius 2 is 1.87 bits per heavy atom. The second-order valence-electron chi connectivity index (χ2n) is 6.63. The van der Waals surface area contributed by atoms with Gasteiger partial charge in [0.1, 0.15) is 0 Å². The van der Waals surface area contributed by atoms with Crippen molar-refractivity contribution in [3.8, 4) is 0 Å². The van der Waals surface area contributed by atoms with Crippen molar-refractivity contribution < 1.29 is 23.6 Å². The van der Waals surface area contributed by atoms with E-state index in [-0.39, 0.29) is 12.2 Å². The predicted octanol–water partition coefficient (Wildman–Crippen LogP) is 1.23. The fraction of sp³-hybridized carbons (Fsp3) is 0.588. The quantitative estimate of drug-likeness (QED) is 0.662. The number of carboxylic acids is 1. The van der Waals surface area contributed by atoms with Crippen LogP contribution in [-0.2, 0) is 21.1 Å². The van der Waals surface area contributed by atoms with Gasteiger partial charge in [-0.3, -0.25) is 4.79 Å². The molecule has 0 atom stereocenters. The van der Waals surface area contributed by atoms with Crippen LogP contribution < -0.4 is 5.32 Å². The molecule has 1 fully saturated rings. The van der Waals surface area contributed by atoms with Crippen LogP contribution >= 0.6 is 0 Å². The fourth-order valence-electron chi connectivity index (χ4n) is 3.12. The second-order valence-corrected chi connectivity index (χ2v) is 8.62. The van der Waals surface area contributed by atoms with Gasteiger partial charge in [0, 0.05) is 0 Å². The summed E-state index contributed by atoms with van der Waals surface area (Å²) in [5.41, 5.74) is 0.527. The number of benzene rings is 1. The number of carbonyl (C=O) groups is 1. The van der Waals surface area contributed by atoms with Crippen LogP contribution in [0.3, 0.4) is 0 Å². The van der Waals surface area contributed by atoms with Crippen LogP contribution in [0, 0.1) is 5.41 Å². The van der Waals surface area contributed by atoms with Gasteiger partial charge in [-0.15, -0.1) is 0 Å². The van der Waals surface area contributed by atoms with Crippen molar-refractivity contribution in [2.75, 3.05) is 18.8 Å². The number of aliphatic carboxylic acids is 1. The van der Waals surface area contributed by atoms with Crippen molar-refractivity contribution in [2.45, 2.75) is 43.9 Å². The highest BCUT2D eigenvalue weighted by molar-refractivity contribution is 7.91. The van der Waals surface area contributed by atoms with Gasteiger partial charge in [-0.25, -0.2) is 8.42 Å². The SMILES string of the molecule is CCCCCc1ccc(S(=O)(=O)CC2(CC(=O)O)C[NH2+]C2)cc1. The van der Waals surface area contributed by atoms with Gasteiger partial charge in [-0.1, -0.05) is 31.9 Å². The molecule has 0 aliphatic carbocycles. The molecule has 2 rings (SSSR count). The molecule has 5 nitrogen and oxygen atoms in total. The first-order valence-electron chi connectivity index (χ1n) is 8.22. The number of nitrogens with two attached hydrogens (primary N) is 1. The number of rotatable bonds is 9. The van der Waals surface area contributed by atoms with E-state index in [0.717, 1.165) is 24.8 Å². The summed E-state index contributed by atoms with van der Waals surface area (Å²) in [7, 11) is -3.45. The first-order chi connectivity index (χ1) is 10.9. The second kappa shape index (κ2) is 7.45. The molecule has 1 aliphatic heterocycles. The third-order valence-electron chi connectivity index (χ3n) is 4.53. The van der Waals surface area contributed by atoms with Crippen molar-refractivity contribution in [1.29, 1.82) is 0 Å². The van der Waals surface area contributed by atoms with E-state index in [9.17, 15) is 13.2 Å². The fourth-order valence-corrected chi connectivity index (χ4v) is 4.98. The van der Waals surface area contributed by atoms with E-state index in [1.54, 1.807) is 12.1 Å². The van der Waals surface area contributed by atoms with Crippen LogP contribution in [0.25, 0.3) is 0 Å². The molecule has 0 aromatic heterocycles. The van der Waals surface area contributed by atoms with Crippen molar-refractivity contribution >= 4 is 15.8 Å². The number of hydrogen-bond donors (Lipinski definition) is 2. The molecule has 0 radical (unpaired) electrons. The average Bonchev–Trinajstić information content (AvgIpc) is 2.45. The molecular weight excluding hydrogens is 314 g/mol. The maximum atomic E-state index is 12.6. The molecule has 1 saturated heterocycles. The average molecular weight is 340 g/mol. The van der Waals surface area contributed by atoms with Gasteiger partial charge >= 0.3 is 5.97 Å². The number of aryl methyl sites for hydroxylation is 1. The van der Waals surface area contributed by atoms with Gasteiger partial charge in [0.2, 0.25) is 0 Å². The minimum atomic E-state index is -3.45. The molecule has 23 heavy (non-hydrogen) atoms. The van der Waals surface area contributed by atoms with Crippen molar-refractivity contribution in [3.63, 3.8) is 0 Å². The Kier molecular flexibility index (Phi) is 5.81. The zero-order chi connectivity index (χ0) is 16.9. The smallest absolute Gasteiger partial charge is 0.304 e. The molecule has 1 aromatic carbocycles. The van der Waals surface area contributed by atoms with Gasteiger partial charge < -0.3 is 10.4 Å². The van der Waals surface area contributed by atoms with E-state index in [0.29, 0.717) is 18.0 Å². The molecule has 0 saturated carbocycles.